The Morgan fingerprint density at radius 2 is 0.875 bits per heavy atom. The molecule has 27 heteroatoms. The number of halogens is 5. The van der Waals surface area contributed by atoms with Crippen LogP contribution in [0.2, 0.25) is 0 Å². The highest BCUT2D eigenvalue weighted by atomic mass is 19.2. The van der Waals surface area contributed by atoms with Crippen LogP contribution in [-0.4, -0.2) is 240 Å². The number of nitrogens with zero attached hydrogens (tertiary/aromatic N) is 6. The lowest BCUT2D eigenvalue weighted by Crippen LogP contribution is -2.56. The molecule has 2 aliphatic rings. The Labute approximate surface area is 568 Å². The predicted molar refractivity (Wildman–Crippen MR) is 354 cm³/mol. The molecule has 2 aliphatic heterocycles. The van der Waals surface area contributed by atoms with Gasteiger partial charge in [-0.15, -0.1) is 0 Å². The number of likely N-dealkylation sites (tertiary alicyclic amines) is 2. The SMILES string of the molecule is CC[C@H](C)[C@@H]([C@@H](CC(=O)N1CCC[C@H]1[C@H](OC)[C@@H](C)C(=O)OC)OC)N(C)C(=O)[C@@H](CC(=O)C(C)(C)N(C)C)C(C)C.CC[C@H](C)[C@@H]([C@@H](CC(=O)N1CCC[C@H]1[C@H](OC)[C@@H](C)C(=O)OC)OC)N(C)C(=O)[C@@H](N)C(C)C.CN(C)C(C)(C)C(=O)Oc1c(F)c(F)c(F)c(F)c1F. The van der Waals surface area contributed by atoms with Crippen molar-refractivity contribution >= 4 is 47.3 Å². The van der Waals surface area contributed by atoms with E-state index in [1.807, 2.05) is 60.5 Å². The van der Waals surface area contributed by atoms with Crippen molar-refractivity contribution in [3.05, 3.63) is 29.1 Å². The molecule has 554 valence electrons. The number of carbonyl (C=O) groups excluding carboxylic acids is 8. The van der Waals surface area contributed by atoms with Gasteiger partial charge in [-0.2, -0.15) is 8.78 Å². The van der Waals surface area contributed by atoms with Gasteiger partial charge in [0.15, 0.2) is 5.78 Å². The standard InChI is InChI=1S/C32H59N3O7.C25H47N3O6.C12H12F5NO2/c1-14-21(4)28(34(10)30(38)23(20(2)3)18-26(36)32(6,7)33(8)9)25(40-11)19-27(37)35-17-15-16-24(35)29(41-12)22(5)31(39)42-13;1-10-16(4)22(27(6)24(30)21(26)15(2)3)19(32-7)14-20(29)28-13-11-12-18(28)23(33-8)17(5)25(31)34-9;1-12(2,18(3)4)11(19)20-10-8(16)6(14)5(13)7(15)9(10)17/h20-25,28-29H,14-19H2,1-13H3;15-19,21-23H,10-14,26H2,1-9H3;1-4H3/t21-,22+,23-,24-,25+,28-,29+;16-,17+,18-,19+,21-,22-,23+;/m00./s1. The van der Waals surface area contributed by atoms with E-state index in [1.165, 1.54) is 47.1 Å². The minimum Gasteiger partial charge on any atom is -0.469 e. The number of carbonyl (C=O) groups is 8. The highest BCUT2D eigenvalue weighted by Crippen LogP contribution is 2.35. The van der Waals surface area contributed by atoms with Gasteiger partial charge in [-0.1, -0.05) is 68.2 Å². The first kappa shape index (κ1) is 88.6. The number of benzene rings is 1. The summed E-state index contributed by atoms with van der Waals surface area (Å²) in [6, 6.07) is -1.77. The number of ketones is 1. The Morgan fingerprint density at radius 1 is 0.521 bits per heavy atom. The van der Waals surface area contributed by atoms with Crippen LogP contribution in [0.25, 0.3) is 0 Å². The van der Waals surface area contributed by atoms with Gasteiger partial charge < -0.3 is 58.5 Å². The maximum Gasteiger partial charge on any atom is 0.331 e. The monoisotopic (exact) mass is 1380 g/mol. The van der Waals surface area contributed by atoms with E-state index < -0.39 is 100 Å². The zero-order valence-corrected chi connectivity index (χ0v) is 62.3. The molecule has 0 spiro atoms. The molecule has 0 aromatic heterocycles. The molecule has 4 amide bonds. The molecule has 2 saturated heterocycles. The van der Waals surface area contributed by atoms with Crippen LogP contribution in [0.15, 0.2) is 0 Å². The number of nitrogens with two attached hydrogens (primary N) is 1. The summed E-state index contributed by atoms with van der Waals surface area (Å²) in [7, 11) is 19.2. The Bertz CT molecular complexity index is 2680. The van der Waals surface area contributed by atoms with Gasteiger partial charge in [-0.3, -0.25) is 43.4 Å². The predicted octanol–water partition coefficient (Wildman–Crippen LogP) is 8.34. The third-order valence-corrected chi connectivity index (χ3v) is 20.1. The molecule has 2 heterocycles. The summed E-state index contributed by atoms with van der Waals surface area (Å²) >= 11 is 0. The highest BCUT2D eigenvalue weighted by Gasteiger charge is 2.46. The van der Waals surface area contributed by atoms with Gasteiger partial charge in [0.1, 0.15) is 5.54 Å². The third kappa shape index (κ3) is 22.3. The summed E-state index contributed by atoms with van der Waals surface area (Å²) in [5, 5.41) is 0. The lowest BCUT2D eigenvalue weighted by Gasteiger charge is -2.41. The summed E-state index contributed by atoms with van der Waals surface area (Å²) in [6.07, 6.45) is 3.08. The molecule has 96 heavy (non-hydrogen) atoms. The van der Waals surface area contributed by atoms with Gasteiger partial charge >= 0.3 is 17.9 Å². The lowest BCUT2D eigenvalue weighted by molar-refractivity contribution is -0.155. The smallest absolute Gasteiger partial charge is 0.331 e. The van der Waals surface area contributed by atoms with Crippen LogP contribution in [0.3, 0.4) is 0 Å². The summed E-state index contributed by atoms with van der Waals surface area (Å²) in [4.78, 5) is 114. The minimum absolute atomic E-state index is 0.00305. The zero-order chi connectivity index (χ0) is 74.5. The topological polar surface area (TPSA) is 247 Å². The first-order chi connectivity index (χ1) is 44.5. The van der Waals surface area contributed by atoms with Crippen molar-refractivity contribution in [3.63, 3.8) is 0 Å². The van der Waals surface area contributed by atoms with Crippen LogP contribution in [-0.2, 0) is 66.8 Å². The Morgan fingerprint density at radius 3 is 1.18 bits per heavy atom. The molecule has 1 aromatic carbocycles. The van der Waals surface area contributed by atoms with Gasteiger partial charge in [0.25, 0.3) is 0 Å². The van der Waals surface area contributed by atoms with E-state index in [0.29, 0.717) is 13.1 Å². The average Bonchev–Trinajstić information content (AvgIpc) is 1.38. The number of ether oxygens (including phenoxy) is 7. The molecule has 2 fully saturated rings. The lowest BCUT2D eigenvalue weighted by atomic mass is 9.82. The van der Waals surface area contributed by atoms with Crippen LogP contribution in [0.1, 0.15) is 155 Å². The molecule has 1 aromatic rings. The summed E-state index contributed by atoms with van der Waals surface area (Å²) < 4.78 is 103. The van der Waals surface area contributed by atoms with E-state index in [2.05, 4.69) is 32.4 Å². The Hall–Kier alpha value is -5.45. The molecular weight excluding hydrogens is 1260 g/mol. The summed E-state index contributed by atoms with van der Waals surface area (Å²) in [6.45, 7) is 27.2. The van der Waals surface area contributed by atoms with E-state index in [9.17, 15) is 60.3 Å². The molecule has 0 saturated carbocycles. The summed E-state index contributed by atoms with van der Waals surface area (Å²) in [5.74, 6) is -16.4. The van der Waals surface area contributed by atoms with Gasteiger partial charge in [-0.25, -0.2) is 18.0 Å². The van der Waals surface area contributed by atoms with Crippen LogP contribution in [0.4, 0.5) is 22.0 Å². The van der Waals surface area contributed by atoms with E-state index in [0.717, 1.165) is 38.5 Å². The highest BCUT2D eigenvalue weighted by molar-refractivity contribution is 5.92. The molecule has 0 bridgehead atoms. The van der Waals surface area contributed by atoms with Crippen LogP contribution >= 0.6 is 0 Å². The molecule has 3 rings (SSSR count). The largest absolute Gasteiger partial charge is 0.469 e. The second-order valence-corrected chi connectivity index (χ2v) is 27.7. The van der Waals surface area contributed by atoms with Crippen molar-refractivity contribution in [2.24, 2.45) is 47.2 Å². The van der Waals surface area contributed by atoms with Gasteiger partial charge in [0.05, 0.1) is 99.1 Å². The van der Waals surface area contributed by atoms with Gasteiger partial charge in [0.2, 0.25) is 58.5 Å². The molecule has 0 radical (unpaired) electrons. The maximum atomic E-state index is 14.0. The van der Waals surface area contributed by atoms with Crippen molar-refractivity contribution in [1.29, 1.82) is 0 Å². The van der Waals surface area contributed by atoms with E-state index in [1.54, 1.807) is 76.0 Å². The second kappa shape index (κ2) is 40.0. The average molecular weight is 1380 g/mol. The maximum absolute atomic E-state index is 14.0. The Balaban J connectivity index is 0.000000763. The molecular formula is C69H118F5N7O15. The number of Topliss-reactive ketones (excluding diaryl/α,β-unsaturated/α-hetero) is 1. The number of likely N-dealkylation sites (N-methyl/N-ethyl adjacent to an activating group) is 4. The number of amides is 4. The fourth-order valence-electron chi connectivity index (χ4n) is 12.1. The fourth-order valence-corrected chi connectivity index (χ4v) is 12.1. The number of methoxy groups -OCH3 is 6. The third-order valence-electron chi connectivity index (χ3n) is 20.1. The van der Waals surface area contributed by atoms with Crippen molar-refractivity contribution in [2.75, 3.05) is 98.0 Å². The molecule has 14 atom stereocenters. The molecule has 2 N–H and O–H groups in total. The van der Waals surface area contributed by atoms with Crippen molar-refractivity contribution in [1.82, 2.24) is 29.4 Å². The quantitative estimate of drug-likeness (QED) is 0.0228. The first-order valence-electron chi connectivity index (χ1n) is 33.2. The number of rotatable bonds is 33. The Kier molecular flexibility index (Phi) is 36.9. The molecule has 0 unspecified atom stereocenters. The molecule has 0 aliphatic carbocycles. The summed E-state index contributed by atoms with van der Waals surface area (Å²) in [5.41, 5.74) is 4.14. The van der Waals surface area contributed by atoms with Crippen molar-refractivity contribution < 1.29 is 93.5 Å². The number of esters is 3. The number of hydrogen-bond donors (Lipinski definition) is 1. The van der Waals surface area contributed by atoms with Crippen LogP contribution < -0.4 is 10.5 Å². The van der Waals surface area contributed by atoms with E-state index in [4.69, 9.17) is 34.2 Å². The molecule has 22 nitrogen and oxygen atoms in total. The van der Waals surface area contributed by atoms with Crippen molar-refractivity contribution in [3.8, 4) is 5.75 Å². The first-order valence-corrected chi connectivity index (χ1v) is 33.2. The fraction of sp³-hybridized carbons (Fsp3) is 0.797. The zero-order valence-electron chi connectivity index (χ0n) is 62.3. The van der Waals surface area contributed by atoms with E-state index in [-0.39, 0.29) is 108 Å². The second-order valence-electron chi connectivity index (χ2n) is 27.7. The van der Waals surface area contributed by atoms with Crippen LogP contribution in [0.5, 0.6) is 5.75 Å². The van der Waals surface area contributed by atoms with Crippen molar-refractivity contribution in [2.45, 2.75) is 220 Å². The van der Waals surface area contributed by atoms with Crippen LogP contribution in [0, 0.1) is 70.5 Å². The van der Waals surface area contributed by atoms with Gasteiger partial charge in [-0.05, 0) is 119 Å². The van der Waals surface area contributed by atoms with Gasteiger partial charge in [0, 0.05) is 68.0 Å². The number of hydrogen-bond acceptors (Lipinski definition) is 18. The minimum atomic E-state index is -2.31. The van der Waals surface area contributed by atoms with E-state index >= 15 is 0 Å². The normalized spacial score (nSPS) is 18.9.